The summed E-state index contributed by atoms with van der Waals surface area (Å²) in [7, 11) is 0. The van der Waals surface area contributed by atoms with Gasteiger partial charge in [0, 0.05) is 6.54 Å². The predicted molar refractivity (Wildman–Crippen MR) is 80.9 cm³/mol. The number of aryl methyl sites for hydroxylation is 1. The van der Waals surface area contributed by atoms with E-state index in [1.807, 2.05) is 44.2 Å². The van der Waals surface area contributed by atoms with Crippen molar-refractivity contribution in [2.24, 2.45) is 0 Å². The van der Waals surface area contributed by atoms with Gasteiger partial charge in [0.2, 0.25) is 11.2 Å². The normalized spacial score (nSPS) is 17.4. The van der Waals surface area contributed by atoms with Crippen LogP contribution in [0.25, 0.3) is 0 Å². The molecule has 1 atom stereocenters. The molecule has 1 unspecified atom stereocenters. The van der Waals surface area contributed by atoms with Crippen LogP contribution in [0.1, 0.15) is 12.5 Å². The number of fused-ring (bicyclic) bond motifs is 1. The van der Waals surface area contributed by atoms with E-state index in [-0.39, 0.29) is 5.82 Å². The van der Waals surface area contributed by atoms with Crippen LogP contribution >= 0.6 is 0 Å². The van der Waals surface area contributed by atoms with Gasteiger partial charge in [0.15, 0.2) is 0 Å². The van der Waals surface area contributed by atoms with Gasteiger partial charge in [-0.05, 0) is 43.7 Å². The summed E-state index contributed by atoms with van der Waals surface area (Å²) in [5, 5.41) is 0. The Labute approximate surface area is 120 Å². The van der Waals surface area contributed by atoms with Crippen molar-refractivity contribution < 1.29 is 8.60 Å². The number of halogens is 1. The average Bonchev–Trinajstić information content (AvgIpc) is 2.71. The number of benzene rings is 2. The van der Waals surface area contributed by atoms with Gasteiger partial charge in [0.1, 0.15) is 5.82 Å². The summed E-state index contributed by atoms with van der Waals surface area (Å²) in [6, 6.07) is 12.5. The van der Waals surface area contributed by atoms with Crippen molar-refractivity contribution in [3.8, 4) is 0 Å². The van der Waals surface area contributed by atoms with E-state index >= 15 is 0 Å². The summed E-state index contributed by atoms with van der Waals surface area (Å²) < 4.78 is 30.1. The van der Waals surface area contributed by atoms with Crippen molar-refractivity contribution in [2.75, 3.05) is 15.2 Å². The van der Waals surface area contributed by atoms with E-state index < -0.39 is 11.2 Å². The molecule has 0 saturated carbocycles. The molecule has 3 nitrogen and oxygen atoms in total. The Bertz CT molecular complexity index is 689. The third kappa shape index (κ3) is 1.89. The smallest absolute Gasteiger partial charge is 0.230 e. The van der Waals surface area contributed by atoms with Crippen molar-refractivity contribution in [1.29, 1.82) is 0 Å². The van der Waals surface area contributed by atoms with E-state index in [9.17, 15) is 8.60 Å². The molecule has 0 aliphatic carbocycles. The van der Waals surface area contributed by atoms with Gasteiger partial charge in [0.05, 0.1) is 17.1 Å². The molecule has 0 radical (unpaired) electrons. The summed E-state index contributed by atoms with van der Waals surface area (Å²) in [5.41, 5.74) is 2.83. The average molecular weight is 290 g/mol. The highest BCUT2D eigenvalue weighted by atomic mass is 32.2. The Hall–Kier alpha value is -1.88. The van der Waals surface area contributed by atoms with Crippen molar-refractivity contribution in [3.63, 3.8) is 0 Å². The largest absolute Gasteiger partial charge is 0.272 e. The molecule has 2 aromatic carbocycles. The zero-order valence-corrected chi connectivity index (χ0v) is 12.2. The first-order chi connectivity index (χ1) is 9.63. The van der Waals surface area contributed by atoms with Crippen molar-refractivity contribution >= 4 is 28.2 Å². The lowest BCUT2D eigenvalue weighted by Gasteiger charge is -2.19. The molecular formula is C15H15FN2OS. The molecule has 20 heavy (non-hydrogen) atoms. The molecule has 104 valence electrons. The number of hydrogen-bond acceptors (Lipinski definition) is 1. The van der Waals surface area contributed by atoms with Gasteiger partial charge in [0.25, 0.3) is 0 Å². The van der Waals surface area contributed by atoms with E-state index in [0.717, 1.165) is 16.9 Å². The van der Waals surface area contributed by atoms with Gasteiger partial charge in [-0.1, -0.05) is 18.2 Å². The number of anilines is 3. The fourth-order valence-corrected chi connectivity index (χ4v) is 3.76. The van der Waals surface area contributed by atoms with E-state index in [1.54, 1.807) is 14.7 Å². The maximum Gasteiger partial charge on any atom is 0.230 e. The monoisotopic (exact) mass is 290 g/mol. The first-order valence-corrected chi connectivity index (χ1v) is 7.54. The van der Waals surface area contributed by atoms with Gasteiger partial charge < -0.3 is 0 Å². The highest BCUT2D eigenvalue weighted by molar-refractivity contribution is 7.88. The molecule has 0 amide bonds. The zero-order valence-electron chi connectivity index (χ0n) is 11.3. The fraction of sp³-hybridized carbons (Fsp3) is 0.200. The number of nitrogens with zero attached hydrogens (tertiary/aromatic N) is 2. The van der Waals surface area contributed by atoms with Crippen molar-refractivity contribution in [3.05, 3.63) is 53.8 Å². The predicted octanol–water partition coefficient (Wildman–Crippen LogP) is 3.69. The number of rotatable bonds is 2. The molecule has 0 saturated heterocycles. The minimum Gasteiger partial charge on any atom is -0.272 e. The lowest BCUT2D eigenvalue weighted by molar-refractivity contribution is 0.627. The summed E-state index contributed by atoms with van der Waals surface area (Å²) in [4.78, 5) is 0. The first-order valence-electron chi connectivity index (χ1n) is 6.48. The first kappa shape index (κ1) is 13.1. The Morgan fingerprint density at radius 3 is 2.45 bits per heavy atom. The molecule has 1 heterocycles. The van der Waals surface area contributed by atoms with Gasteiger partial charge in [-0.15, -0.1) is 0 Å². The highest BCUT2D eigenvalue weighted by Gasteiger charge is 2.34. The second kappa shape index (κ2) is 4.90. The van der Waals surface area contributed by atoms with E-state index in [1.165, 1.54) is 6.07 Å². The minimum absolute atomic E-state index is 0.345. The fourth-order valence-electron chi connectivity index (χ4n) is 2.38. The molecule has 0 fully saturated rings. The second-order valence-electron chi connectivity index (χ2n) is 4.66. The van der Waals surface area contributed by atoms with Crippen LogP contribution in [0.5, 0.6) is 0 Å². The summed E-state index contributed by atoms with van der Waals surface area (Å²) in [6.45, 7) is 4.37. The van der Waals surface area contributed by atoms with Crippen LogP contribution in [0.3, 0.4) is 0 Å². The number of para-hydroxylation sites is 2. The van der Waals surface area contributed by atoms with Crippen molar-refractivity contribution in [1.82, 2.24) is 0 Å². The Balaban J connectivity index is 2.17. The van der Waals surface area contributed by atoms with Crippen LogP contribution in [0.4, 0.5) is 21.5 Å². The van der Waals surface area contributed by atoms with E-state index in [2.05, 4.69) is 0 Å². The molecule has 0 spiro atoms. The maximum atomic E-state index is 14.2. The molecule has 3 rings (SSSR count). The summed E-state index contributed by atoms with van der Waals surface area (Å²) >= 11 is -1.44. The summed E-state index contributed by atoms with van der Waals surface area (Å²) in [6.07, 6.45) is 0. The van der Waals surface area contributed by atoms with Gasteiger partial charge >= 0.3 is 0 Å². The molecule has 5 heteroatoms. The summed E-state index contributed by atoms with van der Waals surface area (Å²) in [5.74, 6) is -0.355. The van der Waals surface area contributed by atoms with E-state index in [0.29, 0.717) is 12.2 Å². The van der Waals surface area contributed by atoms with Crippen LogP contribution in [0.2, 0.25) is 0 Å². The topological polar surface area (TPSA) is 23.6 Å². The molecule has 0 bridgehead atoms. The Morgan fingerprint density at radius 2 is 1.80 bits per heavy atom. The van der Waals surface area contributed by atoms with Gasteiger partial charge in [-0.2, -0.15) is 0 Å². The highest BCUT2D eigenvalue weighted by Crippen LogP contribution is 2.43. The van der Waals surface area contributed by atoms with Crippen LogP contribution in [0.15, 0.2) is 42.5 Å². The molecular weight excluding hydrogens is 275 g/mol. The van der Waals surface area contributed by atoms with Crippen LogP contribution < -0.4 is 8.61 Å². The molecule has 0 N–H and O–H groups in total. The maximum absolute atomic E-state index is 14.2. The molecule has 0 aromatic heterocycles. The Kier molecular flexibility index (Phi) is 3.22. The molecule has 1 aliphatic heterocycles. The lowest BCUT2D eigenvalue weighted by Crippen LogP contribution is -2.29. The van der Waals surface area contributed by atoms with Crippen LogP contribution in [0, 0.1) is 12.7 Å². The third-order valence-corrected chi connectivity index (χ3v) is 4.86. The minimum atomic E-state index is -1.44. The van der Waals surface area contributed by atoms with Crippen LogP contribution in [-0.2, 0) is 11.2 Å². The third-order valence-electron chi connectivity index (χ3n) is 3.32. The van der Waals surface area contributed by atoms with Crippen molar-refractivity contribution in [2.45, 2.75) is 13.8 Å². The van der Waals surface area contributed by atoms with Gasteiger partial charge in [-0.3, -0.25) is 4.31 Å². The SMILES string of the molecule is CCN1c2ccccc2N(c2ccc(C)cc2F)S1=O. The Morgan fingerprint density at radius 1 is 1.10 bits per heavy atom. The molecule has 1 aliphatic rings. The standard InChI is InChI=1S/C15H15FN2OS/c1-3-17-14-6-4-5-7-15(14)18(20(17)19)13-9-8-11(2)10-12(13)16/h4-10H,3H2,1-2H3. The molecule has 2 aromatic rings. The zero-order chi connectivity index (χ0) is 14.3. The lowest BCUT2D eigenvalue weighted by atomic mass is 10.2. The number of hydrogen-bond donors (Lipinski definition) is 0. The quantitative estimate of drug-likeness (QED) is 0.827. The van der Waals surface area contributed by atoms with Gasteiger partial charge in [-0.25, -0.2) is 12.9 Å². The second-order valence-corrected chi connectivity index (χ2v) is 5.93. The van der Waals surface area contributed by atoms with E-state index in [4.69, 9.17) is 0 Å². The van der Waals surface area contributed by atoms with Crippen LogP contribution in [-0.4, -0.2) is 10.8 Å².